The summed E-state index contributed by atoms with van der Waals surface area (Å²) in [7, 11) is 0. The fourth-order valence-electron chi connectivity index (χ4n) is 2.54. The van der Waals surface area contributed by atoms with E-state index >= 15 is 0 Å². The number of carboxylic acids is 1. The van der Waals surface area contributed by atoms with Crippen LogP contribution in [0.1, 0.15) is 30.5 Å². The highest BCUT2D eigenvalue weighted by molar-refractivity contribution is 5.70. The van der Waals surface area contributed by atoms with Crippen molar-refractivity contribution >= 4 is 5.97 Å². The SMILES string of the molecule is CC(O)Cc1ccccc1C1CC(C(=O)O)CN1. The van der Waals surface area contributed by atoms with Gasteiger partial charge in [-0.15, -0.1) is 0 Å². The number of aliphatic carboxylic acids is 1. The van der Waals surface area contributed by atoms with Crippen LogP contribution in [-0.2, 0) is 11.2 Å². The summed E-state index contributed by atoms with van der Waals surface area (Å²) in [5.41, 5.74) is 2.21. The molecular formula is C14H19NO3. The Morgan fingerprint density at radius 2 is 2.22 bits per heavy atom. The van der Waals surface area contributed by atoms with Crippen molar-refractivity contribution in [3.63, 3.8) is 0 Å². The lowest BCUT2D eigenvalue weighted by molar-refractivity contribution is -0.141. The fraction of sp³-hybridized carbons (Fsp3) is 0.500. The van der Waals surface area contributed by atoms with Crippen molar-refractivity contribution in [1.29, 1.82) is 0 Å². The van der Waals surface area contributed by atoms with E-state index in [4.69, 9.17) is 5.11 Å². The second kappa shape index (κ2) is 5.50. The van der Waals surface area contributed by atoms with Gasteiger partial charge in [0.25, 0.3) is 0 Å². The second-order valence-electron chi connectivity index (χ2n) is 4.98. The van der Waals surface area contributed by atoms with Crippen LogP contribution in [-0.4, -0.2) is 28.8 Å². The van der Waals surface area contributed by atoms with Crippen molar-refractivity contribution in [2.75, 3.05) is 6.54 Å². The Hall–Kier alpha value is -1.39. The Morgan fingerprint density at radius 3 is 2.83 bits per heavy atom. The summed E-state index contributed by atoms with van der Waals surface area (Å²) in [6, 6.07) is 8.00. The third-order valence-electron chi connectivity index (χ3n) is 3.43. The Labute approximate surface area is 107 Å². The zero-order valence-corrected chi connectivity index (χ0v) is 10.5. The van der Waals surface area contributed by atoms with Crippen molar-refractivity contribution in [3.05, 3.63) is 35.4 Å². The monoisotopic (exact) mass is 249 g/mol. The van der Waals surface area contributed by atoms with Crippen molar-refractivity contribution in [2.24, 2.45) is 5.92 Å². The molecule has 0 saturated carbocycles. The van der Waals surface area contributed by atoms with E-state index in [0.717, 1.165) is 11.1 Å². The van der Waals surface area contributed by atoms with Crippen LogP contribution in [0.3, 0.4) is 0 Å². The molecule has 2 rings (SSSR count). The Bertz CT molecular complexity index is 431. The minimum Gasteiger partial charge on any atom is -0.481 e. The summed E-state index contributed by atoms with van der Waals surface area (Å²) in [6.45, 7) is 2.28. The van der Waals surface area contributed by atoms with Crippen LogP contribution in [0, 0.1) is 5.92 Å². The van der Waals surface area contributed by atoms with Gasteiger partial charge in [-0.2, -0.15) is 0 Å². The molecule has 0 aromatic heterocycles. The molecule has 1 aromatic rings. The van der Waals surface area contributed by atoms with Crippen molar-refractivity contribution < 1.29 is 15.0 Å². The maximum atomic E-state index is 11.0. The molecule has 0 radical (unpaired) electrons. The average molecular weight is 249 g/mol. The van der Waals surface area contributed by atoms with Crippen molar-refractivity contribution in [2.45, 2.75) is 31.9 Å². The molecule has 1 aliphatic rings. The molecule has 1 saturated heterocycles. The molecule has 3 unspecified atom stereocenters. The van der Waals surface area contributed by atoms with Crippen LogP contribution < -0.4 is 5.32 Å². The zero-order valence-electron chi connectivity index (χ0n) is 10.5. The molecule has 1 heterocycles. The Kier molecular flexibility index (Phi) is 3.99. The predicted molar refractivity (Wildman–Crippen MR) is 68.3 cm³/mol. The van der Waals surface area contributed by atoms with E-state index in [2.05, 4.69) is 5.32 Å². The van der Waals surface area contributed by atoms with Gasteiger partial charge in [0, 0.05) is 12.6 Å². The molecule has 3 atom stereocenters. The first-order valence-electron chi connectivity index (χ1n) is 6.30. The van der Waals surface area contributed by atoms with Crippen molar-refractivity contribution in [3.8, 4) is 0 Å². The number of aliphatic hydroxyl groups is 1. The summed E-state index contributed by atoms with van der Waals surface area (Å²) in [6.07, 6.45) is 0.834. The number of aliphatic hydroxyl groups excluding tert-OH is 1. The van der Waals surface area contributed by atoms with Gasteiger partial charge in [-0.05, 0) is 30.9 Å². The number of rotatable bonds is 4. The maximum absolute atomic E-state index is 11.0. The van der Waals surface area contributed by atoms with Crippen LogP contribution in [0.5, 0.6) is 0 Å². The van der Waals surface area contributed by atoms with Crippen LogP contribution >= 0.6 is 0 Å². The molecule has 4 nitrogen and oxygen atoms in total. The number of benzene rings is 1. The minimum atomic E-state index is -0.738. The maximum Gasteiger partial charge on any atom is 0.307 e. The molecule has 1 aromatic carbocycles. The highest BCUT2D eigenvalue weighted by Gasteiger charge is 2.31. The molecular weight excluding hydrogens is 230 g/mol. The number of carbonyl (C=O) groups is 1. The first-order chi connectivity index (χ1) is 8.58. The summed E-state index contributed by atoms with van der Waals surface area (Å²) in [4.78, 5) is 11.0. The molecule has 1 fully saturated rings. The van der Waals surface area contributed by atoms with E-state index in [-0.39, 0.29) is 18.1 Å². The molecule has 4 heteroatoms. The normalized spacial score (nSPS) is 25.0. The molecule has 0 bridgehead atoms. The number of carboxylic acid groups (broad SMARTS) is 1. The van der Waals surface area contributed by atoms with Crippen LogP contribution in [0.4, 0.5) is 0 Å². The van der Waals surface area contributed by atoms with Gasteiger partial charge in [-0.1, -0.05) is 24.3 Å². The third kappa shape index (κ3) is 2.89. The molecule has 0 amide bonds. The molecule has 0 aliphatic carbocycles. The van der Waals surface area contributed by atoms with Crippen LogP contribution in [0.25, 0.3) is 0 Å². The highest BCUT2D eigenvalue weighted by Crippen LogP contribution is 2.30. The van der Waals surface area contributed by atoms with Gasteiger partial charge in [-0.3, -0.25) is 4.79 Å². The van der Waals surface area contributed by atoms with Crippen molar-refractivity contribution in [1.82, 2.24) is 5.32 Å². The van der Waals surface area contributed by atoms with Gasteiger partial charge >= 0.3 is 5.97 Å². The van der Waals surface area contributed by atoms with Crippen LogP contribution in [0.2, 0.25) is 0 Å². The van der Waals surface area contributed by atoms with E-state index in [1.165, 1.54) is 0 Å². The van der Waals surface area contributed by atoms with Gasteiger partial charge in [0.15, 0.2) is 0 Å². The van der Waals surface area contributed by atoms with Gasteiger partial charge in [0.1, 0.15) is 0 Å². The molecule has 18 heavy (non-hydrogen) atoms. The lowest BCUT2D eigenvalue weighted by Gasteiger charge is -2.16. The largest absolute Gasteiger partial charge is 0.481 e. The third-order valence-corrected chi connectivity index (χ3v) is 3.43. The lowest BCUT2D eigenvalue weighted by atomic mass is 9.93. The Balaban J connectivity index is 2.16. The summed E-state index contributed by atoms with van der Waals surface area (Å²) in [5, 5.41) is 21.8. The molecule has 0 spiro atoms. The Morgan fingerprint density at radius 1 is 1.50 bits per heavy atom. The van der Waals surface area contributed by atoms with Gasteiger partial charge < -0.3 is 15.5 Å². The standard InChI is InChI=1S/C14H19NO3/c1-9(16)6-10-4-2-3-5-12(10)13-7-11(8-15-13)14(17)18/h2-5,9,11,13,15-16H,6-8H2,1H3,(H,17,18). The topological polar surface area (TPSA) is 69.6 Å². The quantitative estimate of drug-likeness (QED) is 0.753. The fourth-order valence-corrected chi connectivity index (χ4v) is 2.54. The summed E-state index contributed by atoms with van der Waals surface area (Å²) in [5.74, 6) is -1.05. The van der Waals surface area contributed by atoms with Crippen LogP contribution in [0.15, 0.2) is 24.3 Å². The summed E-state index contributed by atoms with van der Waals surface area (Å²) < 4.78 is 0. The minimum absolute atomic E-state index is 0.0843. The first kappa shape index (κ1) is 13.1. The van der Waals surface area contributed by atoms with E-state index in [1.54, 1.807) is 6.92 Å². The first-order valence-corrected chi connectivity index (χ1v) is 6.30. The van der Waals surface area contributed by atoms with Gasteiger partial charge in [0.05, 0.1) is 12.0 Å². The highest BCUT2D eigenvalue weighted by atomic mass is 16.4. The van der Waals surface area contributed by atoms with Gasteiger partial charge in [-0.25, -0.2) is 0 Å². The summed E-state index contributed by atoms with van der Waals surface area (Å²) >= 11 is 0. The lowest BCUT2D eigenvalue weighted by Crippen LogP contribution is -2.18. The van der Waals surface area contributed by atoms with E-state index < -0.39 is 5.97 Å². The van der Waals surface area contributed by atoms with E-state index in [0.29, 0.717) is 19.4 Å². The second-order valence-corrected chi connectivity index (χ2v) is 4.98. The number of hydrogen-bond donors (Lipinski definition) is 3. The molecule has 3 N–H and O–H groups in total. The smallest absolute Gasteiger partial charge is 0.307 e. The molecule has 1 aliphatic heterocycles. The number of hydrogen-bond acceptors (Lipinski definition) is 3. The van der Waals surface area contributed by atoms with E-state index in [1.807, 2.05) is 24.3 Å². The number of nitrogens with one attached hydrogen (secondary N) is 1. The average Bonchev–Trinajstić information content (AvgIpc) is 2.78. The molecule has 98 valence electrons. The van der Waals surface area contributed by atoms with Gasteiger partial charge in [0.2, 0.25) is 0 Å². The zero-order chi connectivity index (χ0) is 13.1. The van der Waals surface area contributed by atoms with E-state index in [9.17, 15) is 9.90 Å². The predicted octanol–water partition coefficient (Wildman–Crippen LogP) is 1.35.